The molecule has 0 saturated carbocycles. The number of rotatable bonds is 5. The van der Waals surface area contributed by atoms with Crippen LogP contribution in [0.5, 0.6) is 0 Å². The lowest BCUT2D eigenvalue weighted by Crippen LogP contribution is -2.36. The SMILES string of the molecule is O=C(Nc1ccc2c(c1)CN(C(=O)c1ccccc1)CC2)C(c1ccccc1)c1ccccc1. The molecule has 4 heteroatoms. The molecule has 4 aromatic carbocycles. The fraction of sp³-hybridized carbons (Fsp3) is 0.133. The van der Waals surface area contributed by atoms with Crippen LogP contribution in [0, 0.1) is 0 Å². The molecule has 0 aliphatic carbocycles. The number of nitrogens with zero attached hydrogens (tertiary/aromatic N) is 1. The van der Waals surface area contributed by atoms with Crippen LogP contribution in [0.2, 0.25) is 0 Å². The van der Waals surface area contributed by atoms with Gasteiger partial charge in [0.25, 0.3) is 5.91 Å². The van der Waals surface area contributed by atoms with Gasteiger partial charge in [-0.05, 0) is 52.9 Å². The van der Waals surface area contributed by atoms with Crippen LogP contribution >= 0.6 is 0 Å². The van der Waals surface area contributed by atoms with Gasteiger partial charge in [0.2, 0.25) is 5.91 Å². The van der Waals surface area contributed by atoms with Crippen molar-refractivity contribution in [1.82, 2.24) is 4.90 Å². The standard InChI is InChI=1S/C30H26N2O2/c33-29(28(23-10-4-1-5-11-23)24-12-6-2-7-13-24)31-27-17-16-22-18-19-32(21-26(22)20-27)30(34)25-14-8-3-9-15-25/h1-17,20,28H,18-19,21H2,(H,31,33). The fourth-order valence-corrected chi connectivity index (χ4v) is 4.57. The molecule has 1 aliphatic rings. The third-order valence-electron chi connectivity index (χ3n) is 6.32. The van der Waals surface area contributed by atoms with E-state index in [1.807, 2.05) is 108 Å². The lowest BCUT2D eigenvalue weighted by atomic mass is 9.90. The first-order valence-corrected chi connectivity index (χ1v) is 11.6. The highest BCUT2D eigenvalue weighted by Gasteiger charge is 2.25. The van der Waals surface area contributed by atoms with Crippen LogP contribution in [-0.2, 0) is 17.8 Å². The topological polar surface area (TPSA) is 49.4 Å². The van der Waals surface area contributed by atoms with E-state index in [1.54, 1.807) is 0 Å². The zero-order valence-corrected chi connectivity index (χ0v) is 18.9. The van der Waals surface area contributed by atoms with Crippen LogP contribution in [0.3, 0.4) is 0 Å². The summed E-state index contributed by atoms with van der Waals surface area (Å²) >= 11 is 0. The van der Waals surface area contributed by atoms with Gasteiger partial charge in [-0.2, -0.15) is 0 Å². The molecule has 0 radical (unpaired) electrons. The molecule has 34 heavy (non-hydrogen) atoms. The van der Waals surface area contributed by atoms with Crippen molar-refractivity contribution in [2.75, 3.05) is 11.9 Å². The average molecular weight is 447 g/mol. The Bertz CT molecular complexity index is 1250. The highest BCUT2D eigenvalue weighted by atomic mass is 16.2. The molecular weight excluding hydrogens is 420 g/mol. The molecular formula is C30H26N2O2. The van der Waals surface area contributed by atoms with E-state index in [2.05, 4.69) is 11.4 Å². The zero-order valence-electron chi connectivity index (χ0n) is 18.9. The molecule has 1 heterocycles. The van der Waals surface area contributed by atoms with Crippen molar-refractivity contribution >= 4 is 17.5 Å². The van der Waals surface area contributed by atoms with Gasteiger partial charge in [-0.15, -0.1) is 0 Å². The number of amides is 2. The first-order valence-electron chi connectivity index (χ1n) is 11.6. The molecule has 2 amide bonds. The first kappa shape index (κ1) is 21.7. The molecule has 0 aromatic heterocycles. The van der Waals surface area contributed by atoms with E-state index in [0.29, 0.717) is 18.7 Å². The van der Waals surface area contributed by atoms with Crippen LogP contribution in [0.1, 0.15) is 38.5 Å². The van der Waals surface area contributed by atoms with Gasteiger partial charge in [0.15, 0.2) is 0 Å². The van der Waals surface area contributed by atoms with Crippen molar-refractivity contribution < 1.29 is 9.59 Å². The van der Waals surface area contributed by atoms with E-state index in [9.17, 15) is 9.59 Å². The Morgan fingerprint density at radius 1 is 0.706 bits per heavy atom. The second kappa shape index (κ2) is 9.75. The number of hydrogen-bond acceptors (Lipinski definition) is 2. The van der Waals surface area contributed by atoms with Crippen LogP contribution in [0.4, 0.5) is 5.69 Å². The van der Waals surface area contributed by atoms with E-state index >= 15 is 0 Å². The Morgan fingerprint density at radius 3 is 1.91 bits per heavy atom. The quantitative estimate of drug-likeness (QED) is 0.430. The minimum atomic E-state index is -0.408. The summed E-state index contributed by atoms with van der Waals surface area (Å²) in [7, 11) is 0. The number of carbonyl (C=O) groups is 2. The predicted molar refractivity (Wildman–Crippen MR) is 135 cm³/mol. The zero-order chi connectivity index (χ0) is 23.3. The highest BCUT2D eigenvalue weighted by molar-refractivity contribution is 5.98. The second-order valence-electron chi connectivity index (χ2n) is 8.57. The number of anilines is 1. The maximum atomic E-state index is 13.5. The molecule has 4 nitrogen and oxygen atoms in total. The number of hydrogen-bond donors (Lipinski definition) is 1. The van der Waals surface area contributed by atoms with Gasteiger partial charge in [-0.25, -0.2) is 0 Å². The molecule has 0 atom stereocenters. The summed E-state index contributed by atoms with van der Waals surface area (Å²) in [5, 5.41) is 3.12. The molecule has 0 unspecified atom stereocenters. The number of benzene rings is 4. The Labute approximate surface area is 199 Å². The molecule has 0 saturated heterocycles. The molecule has 1 aliphatic heterocycles. The van der Waals surface area contributed by atoms with Crippen LogP contribution < -0.4 is 5.32 Å². The lowest BCUT2D eigenvalue weighted by molar-refractivity contribution is -0.116. The van der Waals surface area contributed by atoms with Crippen molar-refractivity contribution in [2.24, 2.45) is 0 Å². The summed E-state index contributed by atoms with van der Waals surface area (Å²) in [5.74, 6) is -0.450. The number of carbonyl (C=O) groups excluding carboxylic acids is 2. The van der Waals surface area contributed by atoms with Crippen LogP contribution in [0.15, 0.2) is 109 Å². The summed E-state index contributed by atoms with van der Waals surface area (Å²) in [6.45, 7) is 1.23. The van der Waals surface area contributed by atoms with Crippen molar-refractivity contribution in [1.29, 1.82) is 0 Å². The van der Waals surface area contributed by atoms with E-state index in [0.717, 1.165) is 28.8 Å². The third-order valence-corrected chi connectivity index (χ3v) is 6.32. The minimum absolute atomic E-state index is 0.0360. The number of nitrogens with one attached hydrogen (secondary N) is 1. The summed E-state index contributed by atoms with van der Waals surface area (Å²) in [5.41, 5.74) is 5.63. The smallest absolute Gasteiger partial charge is 0.254 e. The molecule has 168 valence electrons. The first-order chi connectivity index (χ1) is 16.7. The monoisotopic (exact) mass is 446 g/mol. The highest BCUT2D eigenvalue weighted by Crippen LogP contribution is 2.28. The number of fused-ring (bicyclic) bond motifs is 1. The van der Waals surface area contributed by atoms with Crippen molar-refractivity contribution in [3.8, 4) is 0 Å². The Morgan fingerprint density at radius 2 is 1.29 bits per heavy atom. The molecule has 0 spiro atoms. The summed E-state index contributed by atoms with van der Waals surface area (Å²) in [6, 6.07) is 35.1. The molecule has 5 rings (SSSR count). The summed E-state index contributed by atoms with van der Waals surface area (Å²) in [6.07, 6.45) is 0.804. The van der Waals surface area contributed by atoms with Crippen LogP contribution in [-0.4, -0.2) is 23.3 Å². The normalized spacial score (nSPS) is 12.8. The van der Waals surface area contributed by atoms with Gasteiger partial charge >= 0.3 is 0 Å². The Kier molecular flexibility index (Phi) is 6.21. The maximum absolute atomic E-state index is 13.5. The fourth-order valence-electron chi connectivity index (χ4n) is 4.57. The second-order valence-corrected chi connectivity index (χ2v) is 8.57. The Hall–Kier alpha value is -4.18. The molecule has 4 aromatic rings. The van der Waals surface area contributed by atoms with E-state index < -0.39 is 5.92 Å². The van der Waals surface area contributed by atoms with Crippen LogP contribution in [0.25, 0.3) is 0 Å². The molecule has 1 N–H and O–H groups in total. The van der Waals surface area contributed by atoms with Crippen molar-refractivity contribution in [2.45, 2.75) is 18.9 Å². The molecule has 0 bridgehead atoms. The predicted octanol–water partition coefficient (Wildman–Crippen LogP) is 5.66. The average Bonchev–Trinajstić information content (AvgIpc) is 2.90. The van der Waals surface area contributed by atoms with Gasteiger partial charge in [0.1, 0.15) is 0 Å². The lowest BCUT2D eigenvalue weighted by Gasteiger charge is -2.29. The molecule has 0 fully saturated rings. The van der Waals surface area contributed by atoms with Gasteiger partial charge in [-0.3, -0.25) is 9.59 Å². The largest absolute Gasteiger partial charge is 0.334 e. The van der Waals surface area contributed by atoms with Crippen molar-refractivity contribution in [3.05, 3.63) is 137 Å². The summed E-state index contributed by atoms with van der Waals surface area (Å²) in [4.78, 5) is 28.3. The van der Waals surface area contributed by atoms with Gasteiger partial charge < -0.3 is 10.2 Å². The van der Waals surface area contributed by atoms with Gasteiger partial charge in [0, 0.05) is 24.3 Å². The minimum Gasteiger partial charge on any atom is -0.334 e. The van der Waals surface area contributed by atoms with E-state index in [-0.39, 0.29) is 11.8 Å². The van der Waals surface area contributed by atoms with E-state index in [1.165, 1.54) is 5.56 Å². The van der Waals surface area contributed by atoms with Crippen molar-refractivity contribution in [3.63, 3.8) is 0 Å². The van der Waals surface area contributed by atoms with Gasteiger partial charge in [0.05, 0.1) is 5.92 Å². The van der Waals surface area contributed by atoms with E-state index in [4.69, 9.17) is 0 Å². The maximum Gasteiger partial charge on any atom is 0.254 e. The Balaban J connectivity index is 1.37. The summed E-state index contributed by atoms with van der Waals surface area (Å²) < 4.78 is 0. The third kappa shape index (κ3) is 4.62. The van der Waals surface area contributed by atoms with Gasteiger partial charge in [-0.1, -0.05) is 84.9 Å².